The Bertz CT molecular complexity index is 452. The zero-order valence-electron chi connectivity index (χ0n) is 14.2. The highest BCUT2D eigenvalue weighted by Gasteiger charge is 2.51. The van der Waals surface area contributed by atoms with Gasteiger partial charge in [-0.1, -0.05) is 44.1 Å². The van der Waals surface area contributed by atoms with Crippen LogP contribution < -0.4 is 0 Å². The van der Waals surface area contributed by atoms with Crippen molar-refractivity contribution in [2.24, 2.45) is 17.3 Å². The number of allylic oxidation sites excluding steroid dienone is 3. The molecule has 2 rings (SSSR count). The van der Waals surface area contributed by atoms with E-state index in [1.54, 1.807) is 0 Å². The quantitative estimate of drug-likeness (QED) is 0.616. The van der Waals surface area contributed by atoms with Gasteiger partial charge in [-0.25, -0.2) is 0 Å². The van der Waals surface area contributed by atoms with Crippen LogP contribution in [-0.4, -0.2) is 24.3 Å². The lowest BCUT2D eigenvalue weighted by Crippen LogP contribution is -2.40. The molecule has 0 radical (unpaired) electrons. The first-order valence-corrected chi connectivity index (χ1v) is 8.63. The fourth-order valence-electron chi connectivity index (χ4n) is 4.68. The highest BCUT2D eigenvalue weighted by atomic mass is 16.5. The van der Waals surface area contributed by atoms with Crippen LogP contribution in [0.4, 0.5) is 0 Å². The van der Waals surface area contributed by atoms with Gasteiger partial charge in [-0.05, 0) is 49.4 Å². The van der Waals surface area contributed by atoms with Crippen LogP contribution in [0.2, 0.25) is 0 Å². The lowest BCUT2D eigenvalue weighted by Gasteiger charge is -2.44. The first kappa shape index (κ1) is 17.3. The van der Waals surface area contributed by atoms with Crippen LogP contribution in [0.25, 0.3) is 0 Å². The van der Waals surface area contributed by atoms with Crippen LogP contribution in [0.1, 0.15) is 58.8 Å². The van der Waals surface area contributed by atoms with E-state index in [9.17, 15) is 9.90 Å². The van der Waals surface area contributed by atoms with Gasteiger partial charge in [-0.15, -0.1) is 0 Å². The highest BCUT2D eigenvalue weighted by Crippen LogP contribution is 2.58. The van der Waals surface area contributed by atoms with Crippen LogP contribution in [0.3, 0.4) is 0 Å². The molecule has 0 amide bonds. The van der Waals surface area contributed by atoms with Crippen LogP contribution in [0.5, 0.6) is 0 Å². The molecule has 0 aromatic carbocycles. The summed E-state index contributed by atoms with van der Waals surface area (Å²) in [7, 11) is 1.41. The zero-order chi connectivity index (χ0) is 16.2. The molecular formula is C19H30O3. The first-order chi connectivity index (χ1) is 10.5. The van der Waals surface area contributed by atoms with E-state index < -0.39 is 0 Å². The average molecular weight is 306 g/mol. The van der Waals surface area contributed by atoms with E-state index in [1.165, 1.54) is 25.5 Å². The summed E-state index contributed by atoms with van der Waals surface area (Å²) in [5, 5.41) is 10.3. The number of hydrogen-bond acceptors (Lipinski definition) is 3. The van der Waals surface area contributed by atoms with Crippen molar-refractivity contribution in [3.63, 3.8) is 0 Å². The number of aliphatic hydroxyl groups excluding tert-OH is 1. The van der Waals surface area contributed by atoms with Gasteiger partial charge in [0.25, 0.3) is 0 Å². The molecule has 4 atom stereocenters. The third-order valence-electron chi connectivity index (χ3n) is 5.90. The monoisotopic (exact) mass is 306 g/mol. The van der Waals surface area contributed by atoms with Gasteiger partial charge in [0.2, 0.25) is 0 Å². The molecule has 2 saturated carbocycles. The van der Waals surface area contributed by atoms with Crippen molar-refractivity contribution in [3.8, 4) is 0 Å². The molecule has 0 unspecified atom stereocenters. The molecule has 2 aliphatic carbocycles. The Balaban J connectivity index is 2.09. The maximum atomic E-state index is 11.1. The van der Waals surface area contributed by atoms with Crippen molar-refractivity contribution in [3.05, 3.63) is 23.8 Å². The SMILES string of the molecule is CCC(=CC=CCC(=O)OC)[C@H]1CC[C@H]2[C@@H](O)CCC[C@]12C. The van der Waals surface area contributed by atoms with Gasteiger partial charge in [0.15, 0.2) is 0 Å². The Morgan fingerprint density at radius 3 is 2.82 bits per heavy atom. The van der Waals surface area contributed by atoms with Crippen molar-refractivity contribution in [1.82, 2.24) is 0 Å². The number of methoxy groups -OCH3 is 1. The summed E-state index contributed by atoms with van der Waals surface area (Å²) >= 11 is 0. The fraction of sp³-hybridized carbons (Fsp3) is 0.737. The number of carbonyl (C=O) groups is 1. The van der Waals surface area contributed by atoms with Gasteiger partial charge >= 0.3 is 5.97 Å². The summed E-state index contributed by atoms with van der Waals surface area (Å²) in [6, 6.07) is 0. The molecule has 124 valence electrons. The van der Waals surface area contributed by atoms with Gasteiger partial charge < -0.3 is 9.84 Å². The third kappa shape index (κ3) is 3.45. The smallest absolute Gasteiger partial charge is 0.309 e. The summed E-state index contributed by atoms with van der Waals surface area (Å²) in [5.41, 5.74) is 1.70. The average Bonchev–Trinajstić information content (AvgIpc) is 2.86. The number of esters is 1. The van der Waals surface area contributed by atoms with Gasteiger partial charge in [0, 0.05) is 0 Å². The third-order valence-corrected chi connectivity index (χ3v) is 5.90. The second-order valence-corrected chi connectivity index (χ2v) is 7.01. The van der Waals surface area contributed by atoms with E-state index in [0.29, 0.717) is 18.3 Å². The maximum Gasteiger partial charge on any atom is 0.309 e. The number of carbonyl (C=O) groups excluding carboxylic acids is 1. The van der Waals surface area contributed by atoms with E-state index in [-0.39, 0.29) is 17.5 Å². The topological polar surface area (TPSA) is 46.5 Å². The minimum absolute atomic E-state index is 0.114. The van der Waals surface area contributed by atoms with E-state index >= 15 is 0 Å². The van der Waals surface area contributed by atoms with Crippen molar-refractivity contribution in [1.29, 1.82) is 0 Å². The number of ether oxygens (including phenoxy) is 1. The van der Waals surface area contributed by atoms with E-state index in [4.69, 9.17) is 0 Å². The predicted octanol–water partition coefficient (Wildman–Crippen LogP) is 4.02. The largest absolute Gasteiger partial charge is 0.469 e. The Kier molecular flexibility index (Phi) is 5.85. The summed E-state index contributed by atoms with van der Waals surface area (Å²) in [6.45, 7) is 4.58. The molecule has 1 N–H and O–H groups in total. The van der Waals surface area contributed by atoms with Crippen molar-refractivity contribution < 1.29 is 14.6 Å². The molecule has 0 spiro atoms. The maximum absolute atomic E-state index is 11.1. The number of aliphatic hydroxyl groups is 1. The normalized spacial score (nSPS) is 35.6. The molecule has 0 aromatic heterocycles. The predicted molar refractivity (Wildman–Crippen MR) is 88.3 cm³/mol. The molecule has 0 heterocycles. The van der Waals surface area contributed by atoms with Gasteiger partial charge in [-0.3, -0.25) is 4.79 Å². The van der Waals surface area contributed by atoms with E-state index in [1.807, 2.05) is 12.2 Å². The van der Waals surface area contributed by atoms with Gasteiger partial charge in [-0.2, -0.15) is 0 Å². The Hall–Kier alpha value is -1.09. The Morgan fingerprint density at radius 2 is 2.14 bits per heavy atom. The molecule has 0 aromatic rings. The van der Waals surface area contributed by atoms with Crippen molar-refractivity contribution in [2.45, 2.75) is 64.9 Å². The molecule has 3 nitrogen and oxygen atoms in total. The van der Waals surface area contributed by atoms with Crippen LogP contribution in [-0.2, 0) is 9.53 Å². The Morgan fingerprint density at radius 1 is 1.36 bits per heavy atom. The lowest BCUT2D eigenvalue weighted by atomic mass is 9.62. The molecule has 22 heavy (non-hydrogen) atoms. The highest BCUT2D eigenvalue weighted by molar-refractivity contribution is 5.70. The van der Waals surface area contributed by atoms with Gasteiger partial charge in [0.05, 0.1) is 19.6 Å². The summed E-state index contributed by atoms with van der Waals surface area (Å²) in [4.78, 5) is 11.1. The fourth-order valence-corrected chi connectivity index (χ4v) is 4.68. The minimum Gasteiger partial charge on any atom is -0.469 e. The number of hydrogen-bond donors (Lipinski definition) is 1. The molecule has 2 fully saturated rings. The first-order valence-electron chi connectivity index (χ1n) is 8.63. The second-order valence-electron chi connectivity index (χ2n) is 7.01. The summed E-state index contributed by atoms with van der Waals surface area (Å²) in [5.74, 6) is 0.825. The van der Waals surface area contributed by atoms with Crippen LogP contribution >= 0.6 is 0 Å². The molecule has 0 bridgehead atoms. The molecular weight excluding hydrogens is 276 g/mol. The molecule has 3 heteroatoms. The molecule has 2 aliphatic rings. The standard InChI is InChI=1S/C19H30O3/c1-4-14(8-5-6-10-18(21)22-3)15-11-12-16-17(20)9-7-13-19(15,16)2/h5-6,8,15-17,20H,4,7,9-13H2,1-3H3/t15-,16+,17+,19-/m1/s1. The van der Waals surface area contributed by atoms with E-state index in [0.717, 1.165) is 25.7 Å². The van der Waals surface area contributed by atoms with Crippen LogP contribution in [0, 0.1) is 17.3 Å². The number of rotatable bonds is 5. The number of fused-ring (bicyclic) bond motifs is 1. The van der Waals surface area contributed by atoms with E-state index in [2.05, 4.69) is 24.7 Å². The summed E-state index contributed by atoms with van der Waals surface area (Å²) in [6.07, 6.45) is 12.9. The zero-order valence-corrected chi connectivity index (χ0v) is 14.2. The minimum atomic E-state index is -0.203. The Labute approximate surface area is 134 Å². The lowest BCUT2D eigenvalue weighted by molar-refractivity contribution is -0.139. The summed E-state index contributed by atoms with van der Waals surface area (Å²) < 4.78 is 4.64. The van der Waals surface area contributed by atoms with Crippen molar-refractivity contribution >= 4 is 5.97 Å². The van der Waals surface area contributed by atoms with Crippen LogP contribution in [0.15, 0.2) is 23.8 Å². The molecule has 0 aliphatic heterocycles. The second kappa shape index (κ2) is 7.45. The van der Waals surface area contributed by atoms with Crippen molar-refractivity contribution in [2.75, 3.05) is 7.11 Å². The van der Waals surface area contributed by atoms with Gasteiger partial charge in [0.1, 0.15) is 0 Å². The molecule has 0 saturated heterocycles.